The summed E-state index contributed by atoms with van der Waals surface area (Å²) in [5, 5.41) is 3.63. The lowest BCUT2D eigenvalue weighted by Gasteiger charge is -2.24. The highest BCUT2D eigenvalue weighted by Crippen LogP contribution is 2.16. The first kappa shape index (κ1) is 14.2. The zero-order valence-corrected chi connectivity index (χ0v) is 12.1. The van der Waals surface area contributed by atoms with Gasteiger partial charge in [-0.25, -0.2) is 0 Å². The molecule has 1 atom stereocenters. The molecule has 0 aromatic carbocycles. The Morgan fingerprint density at radius 2 is 2.22 bits per heavy atom. The normalized spacial score (nSPS) is 26.1. The summed E-state index contributed by atoms with van der Waals surface area (Å²) in [6.07, 6.45) is 8.06. The predicted octanol–water partition coefficient (Wildman–Crippen LogP) is 2.26. The van der Waals surface area contributed by atoms with Gasteiger partial charge in [0, 0.05) is 31.3 Å². The largest absolute Gasteiger partial charge is 0.343 e. The van der Waals surface area contributed by atoms with Crippen LogP contribution < -0.4 is 5.32 Å². The fourth-order valence-electron chi connectivity index (χ4n) is 2.75. The SMILES string of the molecule is O=C1CCCCCN1CCCN[C@@H]1CCCSC1. The molecule has 0 unspecified atom stereocenters. The number of rotatable bonds is 5. The molecular formula is C14H26N2OS. The average molecular weight is 270 g/mol. The molecule has 4 heteroatoms. The third-order valence-electron chi connectivity index (χ3n) is 3.87. The number of hydrogen-bond acceptors (Lipinski definition) is 3. The van der Waals surface area contributed by atoms with Gasteiger partial charge in [-0.05, 0) is 44.4 Å². The van der Waals surface area contributed by atoms with E-state index in [0.29, 0.717) is 11.9 Å². The number of thioether (sulfide) groups is 1. The van der Waals surface area contributed by atoms with E-state index in [9.17, 15) is 4.79 Å². The van der Waals surface area contributed by atoms with Gasteiger partial charge in [0.2, 0.25) is 5.91 Å². The second kappa shape index (κ2) is 8.05. The molecule has 2 fully saturated rings. The second-order valence-corrected chi connectivity index (χ2v) is 6.56. The van der Waals surface area contributed by atoms with Crippen molar-refractivity contribution in [1.29, 1.82) is 0 Å². The van der Waals surface area contributed by atoms with Crippen molar-refractivity contribution in [3.63, 3.8) is 0 Å². The summed E-state index contributed by atoms with van der Waals surface area (Å²) in [4.78, 5) is 13.9. The second-order valence-electron chi connectivity index (χ2n) is 5.41. The maximum Gasteiger partial charge on any atom is 0.222 e. The Morgan fingerprint density at radius 3 is 3.06 bits per heavy atom. The molecular weight excluding hydrogens is 244 g/mol. The molecule has 0 saturated carbocycles. The van der Waals surface area contributed by atoms with Gasteiger partial charge in [0.05, 0.1) is 0 Å². The van der Waals surface area contributed by atoms with Crippen LogP contribution in [0.3, 0.4) is 0 Å². The molecule has 0 aromatic rings. The van der Waals surface area contributed by atoms with Crippen LogP contribution in [0.25, 0.3) is 0 Å². The summed E-state index contributed by atoms with van der Waals surface area (Å²) in [5.41, 5.74) is 0. The van der Waals surface area contributed by atoms with Crippen molar-refractivity contribution < 1.29 is 4.79 Å². The lowest BCUT2D eigenvalue weighted by Crippen LogP contribution is -2.37. The van der Waals surface area contributed by atoms with Crippen LogP contribution in [-0.2, 0) is 4.79 Å². The Labute approximate surface area is 115 Å². The van der Waals surface area contributed by atoms with Crippen LogP contribution in [0, 0.1) is 0 Å². The van der Waals surface area contributed by atoms with Gasteiger partial charge in [-0.1, -0.05) is 6.42 Å². The highest BCUT2D eigenvalue weighted by atomic mass is 32.2. The van der Waals surface area contributed by atoms with Gasteiger partial charge < -0.3 is 10.2 Å². The van der Waals surface area contributed by atoms with E-state index in [4.69, 9.17) is 0 Å². The van der Waals surface area contributed by atoms with Gasteiger partial charge >= 0.3 is 0 Å². The van der Waals surface area contributed by atoms with Gasteiger partial charge in [0.1, 0.15) is 0 Å². The number of nitrogens with zero attached hydrogens (tertiary/aromatic N) is 1. The molecule has 0 spiro atoms. The minimum Gasteiger partial charge on any atom is -0.343 e. The molecule has 1 N–H and O–H groups in total. The zero-order chi connectivity index (χ0) is 12.6. The molecule has 18 heavy (non-hydrogen) atoms. The van der Waals surface area contributed by atoms with E-state index < -0.39 is 0 Å². The van der Waals surface area contributed by atoms with Crippen LogP contribution in [0.2, 0.25) is 0 Å². The van der Waals surface area contributed by atoms with E-state index >= 15 is 0 Å². The Morgan fingerprint density at radius 1 is 1.28 bits per heavy atom. The molecule has 0 aliphatic carbocycles. The van der Waals surface area contributed by atoms with Crippen LogP contribution >= 0.6 is 11.8 Å². The summed E-state index contributed by atoms with van der Waals surface area (Å²) in [6.45, 7) is 3.00. The van der Waals surface area contributed by atoms with E-state index in [1.165, 1.54) is 37.2 Å². The zero-order valence-electron chi connectivity index (χ0n) is 11.3. The van der Waals surface area contributed by atoms with Crippen molar-refractivity contribution in [2.24, 2.45) is 0 Å². The first-order chi connectivity index (χ1) is 8.86. The summed E-state index contributed by atoms with van der Waals surface area (Å²) < 4.78 is 0. The monoisotopic (exact) mass is 270 g/mol. The van der Waals surface area contributed by atoms with Crippen LogP contribution in [0.4, 0.5) is 0 Å². The highest BCUT2D eigenvalue weighted by Gasteiger charge is 2.16. The molecule has 3 nitrogen and oxygen atoms in total. The Balaban J connectivity index is 1.57. The van der Waals surface area contributed by atoms with Gasteiger partial charge in [-0.15, -0.1) is 0 Å². The number of nitrogens with one attached hydrogen (secondary N) is 1. The average Bonchev–Trinajstić information content (AvgIpc) is 2.61. The number of carbonyl (C=O) groups excluding carboxylic acids is 1. The highest BCUT2D eigenvalue weighted by molar-refractivity contribution is 7.99. The van der Waals surface area contributed by atoms with E-state index in [-0.39, 0.29) is 0 Å². The molecule has 1 amide bonds. The molecule has 2 saturated heterocycles. The van der Waals surface area contributed by atoms with Gasteiger partial charge in [-0.3, -0.25) is 4.79 Å². The molecule has 2 rings (SSSR count). The third kappa shape index (κ3) is 4.81. The Hall–Kier alpha value is -0.220. The minimum absolute atomic E-state index is 0.376. The summed E-state index contributed by atoms with van der Waals surface area (Å²) in [5.74, 6) is 2.98. The lowest BCUT2D eigenvalue weighted by molar-refractivity contribution is -0.130. The van der Waals surface area contributed by atoms with E-state index in [2.05, 4.69) is 22.0 Å². The van der Waals surface area contributed by atoms with Crippen molar-refractivity contribution in [3.8, 4) is 0 Å². The minimum atomic E-state index is 0.376. The van der Waals surface area contributed by atoms with E-state index in [1.54, 1.807) is 0 Å². The van der Waals surface area contributed by atoms with Crippen LogP contribution in [0.15, 0.2) is 0 Å². The van der Waals surface area contributed by atoms with Crippen LogP contribution in [0.5, 0.6) is 0 Å². The maximum absolute atomic E-state index is 11.8. The van der Waals surface area contributed by atoms with E-state index in [0.717, 1.165) is 38.9 Å². The van der Waals surface area contributed by atoms with Gasteiger partial charge in [0.25, 0.3) is 0 Å². The quantitative estimate of drug-likeness (QED) is 0.778. The number of carbonyl (C=O) groups is 1. The molecule has 2 aliphatic rings. The van der Waals surface area contributed by atoms with Crippen LogP contribution in [-0.4, -0.2) is 48.0 Å². The smallest absolute Gasteiger partial charge is 0.222 e. The predicted molar refractivity (Wildman–Crippen MR) is 78.0 cm³/mol. The summed E-state index contributed by atoms with van der Waals surface area (Å²) in [6, 6.07) is 0.712. The topological polar surface area (TPSA) is 32.3 Å². The molecule has 0 radical (unpaired) electrons. The van der Waals surface area contributed by atoms with Gasteiger partial charge in [0.15, 0.2) is 0 Å². The molecule has 104 valence electrons. The first-order valence-corrected chi connectivity index (χ1v) is 8.60. The first-order valence-electron chi connectivity index (χ1n) is 7.45. The van der Waals surface area contributed by atoms with Crippen molar-refractivity contribution in [2.45, 2.75) is 51.0 Å². The molecule has 0 aromatic heterocycles. The Kier molecular flexibility index (Phi) is 6.35. The fraction of sp³-hybridized carbons (Fsp3) is 0.929. The standard InChI is InChI=1S/C14H26N2OS/c17-14-7-2-1-3-9-16(14)10-5-8-15-13-6-4-11-18-12-13/h13,15H,1-12H2/t13-/m1/s1. The third-order valence-corrected chi connectivity index (χ3v) is 5.08. The number of likely N-dealkylation sites (tertiary alicyclic amines) is 1. The fourth-order valence-corrected chi connectivity index (χ4v) is 3.86. The lowest BCUT2D eigenvalue weighted by atomic mass is 10.2. The Bertz CT molecular complexity index is 254. The summed E-state index contributed by atoms with van der Waals surface area (Å²) >= 11 is 2.07. The van der Waals surface area contributed by atoms with Gasteiger partial charge in [-0.2, -0.15) is 11.8 Å². The number of hydrogen-bond donors (Lipinski definition) is 1. The maximum atomic E-state index is 11.8. The summed E-state index contributed by atoms with van der Waals surface area (Å²) in [7, 11) is 0. The van der Waals surface area contributed by atoms with Crippen LogP contribution in [0.1, 0.15) is 44.9 Å². The molecule has 0 bridgehead atoms. The van der Waals surface area contributed by atoms with Crippen molar-refractivity contribution in [1.82, 2.24) is 10.2 Å². The van der Waals surface area contributed by atoms with E-state index in [1.807, 2.05) is 0 Å². The molecule has 2 heterocycles. The molecule has 2 aliphatic heterocycles. The van der Waals surface area contributed by atoms with Crippen molar-refractivity contribution in [2.75, 3.05) is 31.1 Å². The number of amides is 1. The van der Waals surface area contributed by atoms with Crippen molar-refractivity contribution >= 4 is 17.7 Å². The van der Waals surface area contributed by atoms with Crippen molar-refractivity contribution in [3.05, 3.63) is 0 Å².